The van der Waals surface area contributed by atoms with Crippen molar-refractivity contribution in [2.45, 2.75) is 0 Å². The first-order valence-corrected chi connectivity index (χ1v) is 9.48. The molecule has 0 atom stereocenters. The Labute approximate surface area is 160 Å². The monoisotopic (exact) mass is 383 g/mol. The SMILES string of the molecule is O=C1N=C(N2CCN(c3ccccc3F)CC2)S/C1=C\c1ccc(O)cc1. The van der Waals surface area contributed by atoms with Gasteiger partial charge in [0.05, 0.1) is 10.6 Å². The van der Waals surface area contributed by atoms with Crippen LogP contribution in [0.3, 0.4) is 0 Å². The van der Waals surface area contributed by atoms with E-state index in [2.05, 4.69) is 9.89 Å². The summed E-state index contributed by atoms with van der Waals surface area (Å²) in [6, 6.07) is 13.4. The van der Waals surface area contributed by atoms with Gasteiger partial charge in [0.2, 0.25) is 0 Å². The van der Waals surface area contributed by atoms with E-state index in [4.69, 9.17) is 0 Å². The molecule has 0 radical (unpaired) electrons. The summed E-state index contributed by atoms with van der Waals surface area (Å²) in [7, 11) is 0. The predicted molar refractivity (Wildman–Crippen MR) is 106 cm³/mol. The topological polar surface area (TPSA) is 56.1 Å². The summed E-state index contributed by atoms with van der Waals surface area (Å²) in [5, 5.41) is 10.0. The molecule has 0 aromatic heterocycles. The summed E-state index contributed by atoms with van der Waals surface area (Å²) >= 11 is 1.36. The number of nitrogens with zero attached hydrogens (tertiary/aromatic N) is 3. The van der Waals surface area contributed by atoms with Gasteiger partial charge in [0, 0.05) is 26.2 Å². The average molecular weight is 383 g/mol. The molecule has 1 saturated heterocycles. The summed E-state index contributed by atoms with van der Waals surface area (Å²) in [5.74, 6) is -0.278. The summed E-state index contributed by atoms with van der Waals surface area (Å²) < 4.78 is 14.0. The summed E-state index contributed by atoms with van der Waals surface area (Å²) in [5.41, 5.74) is 1.45. The zero-order valence-corrected chi connectivity index (χ0v) is 15.3. The van der Waals surface area contributed by atoms with E-state index in [-0.39, 0.29) is 17.5 Å². The molecule has 0 bridgehead atoms. The fraction of sp³-hybridized carbons (Fsp3) is 0.200. The number of amides is 1. The Morgan fingerprint density at radius 2 is 1.67 bits per heavy atom. The van der Waals surface area contributed by atoms with Crippen molar-refractivity contribution in [2.24, 2.45) is 4.99 Å². The number of thioether (sulfide) groups is 1. The second-order valence-corrected chi connectivity index (χ2v) is 7.34. The number of phenols is 1. The Morgan fingerprint density at radius 1 is 1.00 bits per heavy atom. The molecule has 138 valence electrons. The number of carbonyl (C=O) groups is 1. The van der Waals surface area contributed by atoms with Gasteiger partial charge in [-0.3, -0.25) is 4.79 Å². The van der Waals surface area contributed by atoms with Gasteiger partial charge >= 0.3 is 0 Å². The maximum atomic E-state index is 14.0. The number of halogens is 1. The number of rotatable bonds is 2. The molecule has 0 unspecified atom stereocenters. The first-order chi connectivity index (χ1) is 13.1. The van der Waals surface area contributed by atoms with E-state index in [1.54, 1.807) is 42.5 Å². The Bertz CT molecular complexity index is 919. The van der Waals surface area contributed by atoms with Crippen molar-refractivity contribution in [1.29, 1.82) is 0 Å². The second-order valence-electron chi connectivity index (χ2n) is 6.33. The Morgan fingerprint density at radius 3 is 2.37 bits per heavy atom. The number of phenolic OH excluding ortho intramolecular Hbond substituents is 1. The van der Waals surface area contributed by atoms with E-state index >= 15 is 0 Å². The van der Waals surface area contributed by atoms with E-state index in [1.165, 1.54) is 17.8 Å². The van der Waals surface area contributed by atoms with Crippen LogP contribution in [0.1, 0.15) is 5.56 Å². The number of hydrogen-bond acceptors (Lipinski definition) is 5. The summed E-state index contributed by atoms with van der Waals surface area (Å²) in [4.78, 5) is 21.0. The number of benzene rings is 2. The lowest BCUT2D eigenvalue weighted by Gasteiger charge is -2.36. The molecule has 0 spiro atoms. The van der Waals surface area contributed by atoms with Crippen molar-refractivity contribution in [3.8, 4) is 5.75 Å². The molecule has 2 aromatic carbocycles. The van der Waals surface area contributed by atoms with Gasteiger partial charge in [0.25, 0.3) is 5.91 Å². The minimum absolute atomic E-state index is 0.187. The van der Waals surface area contributed by atoms with E-state index in [1.807, 2.05) is 11.0 Å². The van der Waals surface area contributed by atoms with Crippen molar-refractivity contribution < 1.29 is 14.3 Å². The van der Waals surface area contributed by atoms with Crippen molar-refractivity contribution in [3.05, 3.63) is 64.8 Å². The second kappa shape index (κ2) is 7.44. The normalized spacial score (nSPS) is 18.9. The Balaban J connectivity index is 1.41. The van der Waals surface area contributed by atoms with Crippen LogP contribution < -0.4 is 4.90 Å². The van der Waals surface area contributed by atoms with Crippen molar-refractivity contribution in [3.63, 3.8) is 0 Å². The number of anilines is 1. The number of hydrogen-bond donors (Lipinski definition) is 1. The largest absolute Gasteiger partial charge is 0.508 e. The average Bonchev–Trinajstić information content (AvgIpc) is 3.05. The van der Waals surface area contributed by atoms with E-state index < -0.39 is 0 Å². The van der Waals surface area contributed by atoms with Gasteiger partial charge in [-0.15, -0.1) is 0 Å². The standard InChI is InChI=1S/C20H18FN3O2S/c21-16-3-1-2-4-17(16)23-9-11-24(12-10-23)20-22-19(26)18(27-20)13-14-5-7-15(25)8-6-14/h1-8,13,25H,9-12H2/b18-13-. The lowest BCUT2D eigenvalue weighted by atomic mass is 10.2. The van der Waals surface area contributed by atoms with Gasteiger partial charge in [-0.2, -0.15) is 4.99 Å². The number of amidine groups is 1. The van der Waals surface area contributed by atoms with Crippen molar-refractivity contribution in [1.82, 2.24) is 4.90 Å². The van der Waals surface area contributed by atoms with Crippen LogP contribution in [0, 0.1) is 5.82 Å². The van der Waals surface area contributed by atoms with Gasteiger partial charge in [-0.25, -0.2) is 4.39 Å². The molecule has 2 heterocycles. The lowest BCUT2D eigenvalue weighted by molar-refractivity contribution is -0.113. The molecule has 1 amide bonds. The van der Waals surface area contributed by atoms with Gasteiger partial charge < -0.3 is 14.9 Å². The first kappa shape index (κ1) is 17.6. The van der Waals surface area contributed by atoms with Crippen molar-refractivity contribution >= 4 is 34.6 Å². The van der Waals surface area contributed by atoms with Gasteiger partial charge in [-0.1, -0.05) is 24.3 Å². The quantitative estimate of drug-likeness (QED) is 0.807. The minimum atomic E-state index is -0.250. The van der Waals surface area contributed by atoms with Gasteiger partial charge in [0.15, 0.2) is 5.17 Å². The first-order valence-electron chi connectivity index (χ1n) is 8.66. The molecule has 1 fully saturated rings. The zero-order chi connectivity index (χ0) is 18.8. The van der Waals surface area contributed by atoms with Gasteiger partial charge in [-0.05, 0) is 47.7 Å². The molecule has 5 nitrogen and oxygen atoms in total. The molecule has 27 heavy (non-hydrogen) atoms. The van der Waals surface area contributed by atoms with Crippen LogP contribution in [0.2, 0.25) is 0 Å². The highest BCUT2D eigenvalue weighted by molar-refractivity contribution is 8.18. The third kappa shape index (κ3) is 3.83. The summed E-state index contributed by atoms with van der Waals surface area (Å²) in [6.07, 6.45) is 1.78. The molecule has 0 saturated carbocycles. The third-order valence-electron chi connectivity index (χ3n) is 4.54. The van der Waals surface area contributed by atoms with Crippen LogP contribution in [0.5, 0.6) is 5.75 Å². The molecular weight excluding hydrogens is 365 g/mol. The summed E-state index contributed by atoms with van der Waals surface area (Å²) in [6.45, 7) is 2.71. The lowest BCUT2D eigenvalue weighted by Crippen LogP contribution is -2.48. The number of aromatic hydroxyl groups is 1. The fourth-order valence-corrected chi connectivity index (χ4v) is 4.07. The molecule has 0 aliphatic carbocycles. The Kier molecular flexibility index (Phi) is 4.85. The van der Waals surface area contributed by atoms with Crippen LogP contribution in [0.4, 0.5) is 10.1 Å². The van der Waals surface area contributed by atoms with Crippen molar-refractivity contribution in [2.75, 3.05) is 31.1 Å². The highest BCUT2D eigenvalue weighted by atomic mass is 32.2. The minimum Gasteiger partial charge on any atom is -0.508 e. The third-order valence-corrected chi connectivity index (χ3v) is 5.59. The predicted octanol–water partition coefficient (Wildman–Crippen LogP) is 3.32. The molecular formula is C20H18FN3O2S. The van der Waals surface area contributed by atoms with Crippen LogP contribution in [-0.4, -0.2) is 47.3 Å². The smallest absolute Gasteiger partial charge is 0.286 e. The Hall–Kier alpha value is -2.80. The number of piperazine rings is 1. The number of para-hydroxylation sites is 1. The molecule has 2 aliphatic rings. The van der Waals surface area contributed by atoms with Crippen LogP contribution in [0.15, 0.2) is 58.4 Å². The molecule has 7 heteroatoms. The number of aliphatic imine (C=N–C) groups is 1. The van der Waals surface area contributed by atoms with E-state index in [0.29, 0.717) is 41.9 Å². The maximum Gasteiger partial charge on any atom is 0.286 e. The molecule has 2 aliphatic heterocycles. The zero-order valence-electron chi connectivity index (χ0n) is 14.5. The fourth-order valence-electron chi connectivity index (χ4n) is 3.10. The maximum absolute atomic E-state index is 14.0. The highest BCUT2D eigenvalue weighted by Gasteiger charge is 2.29. The molecule has 4 rings (SSSR count). The van der Waals surface area contributed by atoms with Crippen LogP contribution >= 0.6 is 11.8 Å². The molecule has 2 aromatic rings. The van der Waals surface area contributed by atoms with E-state index in [9.17, 15) is 14.3 Å². The highest BCUT2D eigenvalue weighted by Crippen LogP contribution is 2.31. The van der Waals surface area contributed by atoms with Crippen LogP contribution in [0.25, 0.3) is 6.08 Å². The molecule has 1 N–H and O–H groups in total. The van der Waals surface area contributed by atoms with E-state index in [0.717, 1.165) is 5.56 Å². The number of carbonyl (C=O) groups excluding carboxylic acids is 1. The van der Waals surface area contributed by atoms with Crippen LogP contribution in [-0.2, 0) is 4.79 Å². The van der Waals surface area contributed by atoms with Gasteiger partial charge in [0.1, 0.15) is 11.6 Å².